The van der Waals surface area contributed by atoms with Gasteiger partial charge in [-0.05, 0) is 73.8 Å². The van der Waals surface area contributed by atoms with E-state index in [1.54, 1.807) is 6.92 Å². The maximum atomic E-state index is 11.7. The van der Waals surface area contributed by atoms with Crippen LogP contribution in [-0.4, -0.2) is 34.1 Å². The van der Waals surface area contributed by atoms with Gasteiger partial charge in [-0.1, -0.05) is 43.3 Å². The highest BCUT2D eigenvalue weighted by Crippen LogP contribution is 2.60. The van der Waals surface area contributed by atoms with E-state index in [2.05, 4.69) is 19.1 Å². The Morgan fingerprint density at radius 3 is 2.57 bits per heavy atom. The number of fused-ring (bicyclic) bond motifs is 3. The fourth-order valence-corrected chi connectivity index (χ4v) is 6.05. The highest BCUT2D eigenvalue weighted by molar-refractivity contribution is 5.45. The van der Waals surface area contributed by atoms with Crippen LogP contribution in [0.4, 0.5) is 0 Å². The zero-order valence-electron chi connectivity index (χ0n) is 18.1. The lowest BCUT2D eigenvalue weighted by molar-refractivity contribution is -0.205. The van der Waals surface area contributed by atoms with E-state index in [4.69, 9.17) is 9.84 Å². The summed E-state index contributed by atoms with van der Waals surface area (Å²) >= 11 is 0. The lowest BCUT2D eigenvalue weighted by Gasteiger charge is -2.59. The molecule has 1 saturated carbocycles. The van der Waals surface area contributed by atoms with Gasteiger partial charge in [0, 0.05) is 18.4 Å². The van der Waals surface area contributed by atoms with Gasteiger partial charge in [0.2, 0.25) is 0 Å². The van der Waals surface area contributed by atoms with Gasteiger partial charge in [-0.3, -0.25) is 0 Å². The van der Waals surface area contributed by atoms with E-state index in [1.165, 1.54) is 11.1 Å². The maximum Gasteiger partial charge on any atom is 0.119 e. The molecule has 2 aromatic rings. The van der Waals surface area contributed by atoms with Crippen LogP contribution in [0, 0.1) is 5.92 Å². The van der Waals surface area contributed by atoms with Crippen molar-refractivity contribution < 1.29 is 20.1 Å². The summed E-state index contributed by atoms with van der Waals surface area (Å²) in [6.07, 6.45) is 4.59. The number of aryl methyl sites for hydroxylation is 1. The van der Waals surface area contributed by atoms with E-state index in [9.17, 15) is 10.2 Å². The van der Waals surface area contributed by atoms with Gasteiger partial charge in [-0.2, -0.15) is 0 Å². The summed E-state index contributed by atoms with van der Waals surface area (Å²) in [5, 5.41) is 32.3. The predicted octanol–water partition coefficient (Wildman–Crippen LogP) is 4.09. The monoisotopic (exact) mass is 410 g/mol. The van der Waals surface area contributed by atoms with Crippen molar-refractivity contribution in [1.29, 1.82) is 0 Å². The fourth-order valence-electron chi connectivity index (χ4n) is 6.05. The standard InChI is InChI=1S/C26H34O4/c1-3-25-18-24(2,28)26(29,20-8-5-4-6-9-20)17-21(25)11-10-19-16-22(12-13-23(19)25)30-15-7-14-27/h4-6,8-9,12-13,16,21,27-29H,3,7,10-11,14-15,17-18H2,1-2H3/t21-,24-,25-,26-/m1/s1. The highest BCUT2D eigenvalue weighted by Gasteiger charge is 2.60. The van der Waals surface area contributed by atoms with Gasteiger partial charge < -0.3 is 20.1 Å². The molecule has 4 nitrogen and oxygen atoms in total. The zero-order valence-corrected chi connectivity index (χ0v) is 18.1. The van der Waals surface area contributed by atoms with Gasteiger partial charge >= 0.3 is 0 Å². The normalized spacial score (nSPS) is 32.9. The molecule has 3 N–H and O–H groups in total. The summed E-state index contributed by atoms with van der Waals surface area (Å²) < 4.78 is 5.80. The van der Waals surface area contributed by atoms with E-state index in [-0.39, 0.29) is 12.0 Å². The molecule has 4 heteroatoms. The Kier molecular flexibility index (Phi) is 5.69. The predicted molar refractivity (Wildman–Crippen MR) is 118 cm³/mol. The van der Waals surface area contributed by atoms with Crippen molar-refractivity contribution in [3.63, 3.8) is 0 Å². The van der Waals surface area contributed by atoms with Crippen molar-refractivity contribution in [2.45, 2.75) is 69.0 Å². The number of benzene rings is 2. The van der Waals surface area contributed by atoms with Crippen molar-refractivity contribution in [3.05, 3.63) is 65.2 Å². The van der Waals surface area contributed by atoms with Crippen LogP contribution >= 0.6 is 0 Å². The second kappa shape index (κ2) is 7.99. The Morgan fingerprint density at radius 1 is 1.10 bits per heavy atom. The third-order valence-electron chi connectivity index (χ3n) is 7.70. The summed E-state index contributed by atoms with van der Waals surface area (Å²) in [7, 11) is 0. The molecule has 1 fully saturated rings. The summed E-state index contributed by atoms with van der Waals surface area (Å²) in [4.78, 5) is 0. The Balaban J connectivity index is 1.70. The van der Waals surface area contributed by atoms with Crippen LogP contribution in [0.3, 0.4) is 0 Å². The van der Waals surface area contributed by atoms with Crippen molar-refractivity contribution in [1.82, 2.24) is 0 Å². The van der Waals surface area contributed by atoms with Gasteiger partial charge in [0.25, 0.3) is 0 Å². The number of rotatable bonds is 6. The highest BCUT2D eigenvalue weighted by atomic mass is 16.5. The van der Waals surface area contributed by atoms with Gasteiger partial charge in [0.1, 0.15) is 11.4 Å². The minimum Gasteiger partial charge on any atom is -0.493 e. The van der Waals surface area contributed by atoms with Crippen LogP contribution in [0.5, 0.6) is 5.75 Å². The molecule has 0 bridgehead atoms. The first-order valence-corrected chi connectivity index (χ1v) is 11.2. The van der Waals surface area contributed by atoms with Crippen LogP contribution in [0.2, 0.25) is 0 Å². The minimum absolute atomic E-state index is 0.130. The largest absolute Gasteiger partial charge is 0.493 e. The molecule has 0 aromatic heterocycles. The smallest absolute Gasteiger partial charge is 0.119 e. The zero-order chi connectivity index (χ0) is 21.4. The molecule has 4 rings (SSSR count). The second-order valence-electron chi connectivity index (χ2n) is 9.37. The Bertz CT molecular complexity index is 878. The summed E-state index contributed by atoms with van der Waals surface area (Å²) in [5.41, 5.74) is 0.760. The third-order valence-corrected chi connectivity index (χ3v) is 7.70. The van der Waals surface area contributed by atoms with Crippen molar-refractivity contribution in [2.24, 2.45) is 5.92 Å². The van der Waals surface area contributed by atoms with Crippen LogP contribution in [0.1, 0.15) is 62.6 Å². The Morgan fingerprint density at radius 2 is 1.87 bits per heavy atom. The first-order valence-electron chi connectivity index (χ1n) is 11.2. The number of aliphatic hydroxyl groups is 3. The second-order valence-corrected chi connectivity index (χ2v) is 9.37. The Hall–Kier alpha value is -1.88. The molecule has 2 aromatic carbocycles. The van der Waals surface area contributed by atoms with Crippen LogP contribution in [-0.2, 0) is 17.4 Å². The van der Waals surface area contributed by atoms with Crippen molar-refractivity contribution in [3.8, 4) is 5.75 Å². The molecule has 2 aliphatic rings. The van der Waals surface area contributed by atoms with Gasteiger partial charge in [0.05, 0.1) is 12.2 Å². The van der Waals surface area contributed by atoms with Gasteiger partial charge in [-0.25, -0.2) is 0 Å². The molecule has 0 amide bonds. The third kappa shape index (κ3) is 3.35. The molecule has 0 radical (unpaired) electrons. The number of hydrogen-bond donors (Lipinski definition) is 3. The number of aliphatic hydroxyl groups excluding tert-OH is 1. The van der Waals surface area contributed by atoms with Gasteiger partial charge in [0.15, 0.2) is 0 Å². The maximum absolute atomic E-state index is 11.7. The van der Waals surface area contributed by atoms with Crippen molar-refractivity contribution >= 4 is 0 Å². The number of ether oxygens (including phenoxy) is 1. The molecule has 0 saturated heterocycles. The quantitative estimate of drug-likeness (QED) is 0.628. The van der Waals surface area contributed by atoms with E-state index < -0.39 is 11.2 Å². The molecule has 0 aliphatic heterocycles. The molecule has 0 heterocycles. The molecule has 30 heavy (non-hydrogen) atoms. The molecule has 162 valence electrons. The van der Waals surface area contributed by atoms with E-state index in [1.807, 2.05) is 36.4 Å². The number of hydrogen-bond acceptors (Lipinski definition) is 4. The molecule has 0 spiro atoms. The molecule has 4 atom stereocenters. The molecular weight excluding hydrogens is 376 g/mol. The van der Waals surface area contributed by atoms with E-state index in [0.717, 1.165) is 30.6 Å². The fraction of sp³-hybridized carbons (Fsp3) is 0.538. The topological polar surface area (TPSA) is 69.9 Å². The first kappa shape index (κ1) is 21.4. The Labute approximate surface area is 179 Å². The van der Waals surface area contributed by atoms with E-state index >= 15 is 0 Å². The average molecular weight is 411 g/mol. The van der Waals surface area contributed by atoms with Gasteiger partial charge in [-0.15, -0.1) is 0 Å². The van der Waals surface area contributed by atoms with Crippen LogP contribution in [0.25, 0.3) is 0 Å². The lowest BCUT2D eigenvalue weighted by Crippen LogP contribution is -2.62. The van der Waals surface area contributed by atoms with E-state index in [0.29, 0.717) is 31.8 Å². The summed E-state index contributed by atoms with van der Waals surface area (Å²) in [5.74, 6) is 1.15. The molecular formula is C26H34O4. The van der Waals surface area contributed by atoms with Crippen LogP contribution in [0.15, 0.2) is 48.5 Å². The van der Waals surface area contributed by atoms with Crippen LogP contribution < -0.4 is 4.74 Å². The molecule has 2 aliphatic carbocycles. The first-order chi connectivity index (χ1) is 14.4. The summed E-state index contributed by atoms with van der Waals surface area (Å²) in [6.45, 7) is 4.64. The lowest BCUT2D eigenvalue weighted by atomic mass is 9.49. The summed E-state index contributed by atoms with van der Waals surface area (Å²) in [6, 6.07) is 16.0. The SMILES string of the molecule is CC[C@@]12C[C@@](C)(O)[C@](O)(c3ccccc3)C[C@H]1CCc1cc(OCCCO)ccc12. The minimum atomic E-state index is -1.25. The molecule has 0 unspecified atom stereocenters. The van der Waals surface area contributed by atoms with Crippen molar-refractivity contribution in [2.75, 3.05) is 13.2 Å². The average Bonchev–Trinajstić information content (AvgIpc) is 2.75.